The summed E-state index contributed by atoms with van der Waals surface area (Å²) in [5.74, 6) is 1.68. The molecule has 4 aromatic heterocycles. The summed E-state index contributed by atoms with van der Waals surface area (Å²) in [7, 11) is 0. The first-order chi connectivity index (χ1) is 37.7. The molecular weight excluding hydrogens is 927 g/mol. The molecule has 11 aromatic carbocycles. The van der Waals surface area contributed by atoms with Crippen molar-refractivity contribution in [3.63, 3.8) is 0 Å². The smallest absolute Gasteiger partial charge is 0.220 e. The SMILES string of the molecule is c1ccc(-c2ccc(N(c3cc(-n4c5ccccc5n5c6ccccc6nc45)cc(-n4c5ccccc5n5c6ccccc6nc45)c3)c3ccc4c(c3)C3(c5ccccc5-c5ccccc53)c3ccccc3-4)cc2)cc1. The molecule has 0 unspecified atom stereocenters. The number of anilines is 3. The van der Waals surface area contributed by atoms with Gasteiger partial charge in [0.25, 0.3) is 0 Å². The van der Waals surface area contributed by atoms with Crippen LogP contribution in [0.3, 0.4) is 0 Å². The molecule has 0 radical (unpaired) electrons. The van der Waals surface area contributed by atoms with Crippen LogP contribution in [-0.2, 0) is 5.41 Å². The molecule has 15 aromatic rings. The fourth-order valence-corrected chi connectivity index (χ4v) is 13.3. The molecule has 2 aliphatic carbocycles. The molecule has 7 heteroatoms. The molecule has 4 heterocycles. The van der Waals surface area contributed by atoms with Crippen LogP contribution < -0.4 is 4.90 Å². The summed E-state index contributed by atoms with van der Waals surface area (Å²) in [6.07, 6.45) is 0. The van der Waals surface area contributed by atoms with Gasteiger partial charge < -0.3 is 4.90 Å². The molecular formula is C69H43N7. The number of para-hydroxylation sites is 8. The van der Waals surface area contributed by atoms with Crippen molar-refractivity contribution in [1.82, 2.24) is 27.9 Å². The molecule has 2 aliphatic rings. The van der Waals surface area contributed by atoms with Crippen molar-refractivity contribution in [3.05, 3.63) is 283 Å². The first-order valence-corrected chi connectivity index (χ1v) is 26.0. The van der Waals surface area contributed by atoms with E-state index >= 15 is 0 Å². The van der Waals surface area contributed by atoms with Gasteiger partial charge in [-0.2, -0.15) is 0 Å². The third kappa shape index (κ3) is 5.50. The number of hydrogen-bond acceptors (Lipinski definition) is 3. The quantitative estimate of drug-likeness (QED) is 0.167. The van der Waals surface area contributed by atoms with E-state index in [1.807, 2.05) is 0 Å². The lowest BCUT2D eigenvalue weighted by Gasteiger charge is -2.32. The van der Waals surface area contributed by atoms with Crippen molar-refractivity contribution in [3.8, 4) is 44.8 Å². The standard InChI is InChI=1S/C69H43N7/c1-2-18-44(19-3-1)45-34-36-46(37-35-45)72(47-38-39-54-53-22-6-9-25-57(53)69(58(54)43-47)55-23-7-4-20-51(55)52-21-5-8-24-56(52)69)48-40-49(73-63-30-14-16-32-65(63)75-61-28-12-10-26-59(61)70-67(73)75)42-50(41-48)74-64-31-15-17-33-66(64)76-62-29-13-11-27-60(62)71-68(74)76/h1-43H. The van der Waals surface area contributed by atoms with Crippen LogP contribution in [-0.4, -0.2) is 27.9 Å². The van der Waals surface area contributed by atoms with E-state index in [0.717, 1.165) is 89.7 Å². The zero-order valence-corrected chi connectivity index (χ0v) is 41.0. The second-order valence-electron chi connectivity index (χ2n) is 20.2. The Balaban J connectivity index is 0.985. The number of imidazole rings is 4. The van der Waals surface area contributed by atoms with Crippen LogP contribution in [0.4, 0.5) is 17.1 Å². The fraction of sp³-hybridized carbons (Fsp3) is 0.0145. The Hall–Kier alpha value is -10.2. The van der Waals surface area contributed by atoms with Crippen molar-refractivity contribution < 1.29 is 0 Å². The fourth-order valence-electron chi connectivity index (χ4n) is 13.3. The molecule has 7 nitrogen and oxygen atoms in total. The Labute approximate surface area is 436 Å². The molecule has 0 saturated carbocycles. The summed E-state index contributed by atoms with van der Waals surface area (Å²) in [6.45, 7) is 0. The minimum atomic E-state index is -0.526. The van der Waals surface area contributed by atoms with E-state index in [-0.39, 0.29) is 0 Å². The minimum absolute atomic E-state index is 0.526. The van der Waals surface area contributed by atoms with E-state index in [2.05, 4.69) is 284 Å². The molecule has 1 spiro atoms. The van der Waals surface area contributed by atoms with Crippen molar-refractivity contribution in [2.75, 3.05) is 4.90 Å². The predicted molar refractivity (Wildman–Crippen MR) is 309 cm³/mol. The lowest BCUT2D eigenvalue weighted by atomic mass is 9.70. The first kappa shape index (κ1) is 41.3. The van der Waals surface area contributed by atoms with Gasteiger partial charge in [-0.1, -0.05) is 170 Å². The molecule has 0 saturated heterocycles. The van der Waals surface area contributed by atoms with Crippen LogP contribution in [0.5, 0.6) is 0 Å². The van der Waals surface area contributed by atoms with E-state index in [1.54, 1.807) is 0 Å². The molecule has 0 fully saturated rings. The Morgan fingerprint density at radius 3 is 1.22 bits per heavy atom. The van der Waals surface area contributed by atoms with Crippen molar-refractivity contribution in [1.29, 1.82) is 0 Å². The molecule has 76 heavy (non-hydrogen) atoms. The van der Waals surface area contributed by atoms with Gasteiger partial charge in [-0.05, 0) is 147 Å². The molecule has 0 atom stereocenters. The Morgan fingerprint density at radius 2 is 0.697 bits per heavy atom. The van der Waals surface area contributed by atoms with E-state index < -0.39 is 5.41 Å². The summed E-state index contributed by atoms with van der Waals surface area (Å²) in [5.41, 5.74) is 25.4. The van der Waals surface area contributed by atoms with Crippen LogP contribution in [0.15, 0.2) is 261 Å². The number of fused-ring (bicyclic) bond motifs is 20. The average Bonchev–Trinajstić information content (AvgIpc) is 4.44. The first-order valence-electron chi connectivity index (χ1n) is 26.0. The lowest BCUT2D eigenvalue weighted by molar-refractivity contribution is 0.793. The molecule has 0 N–H and O–H groups in total. The van der Waals surface area contributed by atoms with E-state index in [9.17, 15) is 0 Å². The largest absolute Gasteiger partial charge is 0.310 e. The topological polar surface area (TPSA) is 47.7 Å². The zero-order valence-electron chi connectivity index (χ0n) is 41.0. The number of benzene rings is 11. The van der Waals surface area contributed by atoms with Gasteiger partial charge in [0.2, 0.25) is 11.6 Å². The lowest BCUT2D eigenvalue weighted by Crippen LogP contribution is -2.26. The summed E-state index contributed by atoms with van der Waals surface area (Å²) < 4.78 is 9.28. The van der Waals surface area contributed by atoms with Gasteiger partial charge in [-0.25, -0.2) is 9.97 Å². The molecule has 0 amide bonds. The van der Waals surface area contributed by atoms with Gasteiger partial charge in [0.15, 0.2) is 0 Å². The monoisotopic (exact) mass is 969 g/mol. The molecule has 0 bridgehead atoms. The molecule has 17 rings (SSSR count). The van der Waals surface area contributed by atoms with Gasteiger partial charge in [0, 0.05) is 11.4 Å². The van der Waals surface area contributed by atoms with Crippen LogP contribution in [0, 0.1) is 0 Å². The van der Waals surface area contributed by atoms with E-state index in [4.69, 9.17) is 9.97 Å². The third-order valence-electron chi connectivity index (χ3n) is 16.3. The van der Waals surface area contributed by atoms with Crippen molar-refractivity contribution in [2.45, 2.75) is 5.41 Å². The minimum Gasteiger partial charge on any atom is -0.310 e. The number of nitrogens with zero attached hydrogens (tertiary/aromatic N) is 7. The Morgan fingerprint density at radius 1 is 0.289 bits per heavy atom. The summed E-state index contributed by atoms with van der Waals surface area (Å²) in [6, 6.07) is 95.3. The highest BCUT2D eigenvalue weighted by atomic mass is 15.2. The van der Waals surface area contributed by atoms with Crippen LogP contribution in [0.25, 0.3) is 100 Å². The van der Waals surface area contributed by atoms with Crippen LogP contribution in [0.2, 0.25) is 0 Å². The van der Waals surface area contributed by atoms with Crippen LogP contribution in [0.1, 0.15) is 22.3 Å². The average molecular weight is 970 g/mol. The number of aromatic nitrogens is 6. The predicted octanol–water partition coefficient (Wildman–Crippen LogP) is 16.7. The van der Waals surface area contributed by atoms with E-state index in [0.29, 0.717) is 0 Å². The highest BCUT2D eigenvalue weighted by molar-refractivity contribution is 5.98. The Bertz CT molecular complexity index is 4670. The summed E-state index contributed by atoms with van der Waals surface area (Å²) in [5, 5.41) is 0. The maximum absolute atomic E-state index is 5.40. The van der Waals surface area contributed by atoms with Gasteiger partial charge in [-0.15, -0.1) is 0 Å². The number of hydrogen-bond donors (Lipinski definition) is 0. The van der Waals surface area contributed by atoms with Crippen molar-refractivity contribution >= 4 is 72.8 Å². The zero-order chi connectivity index (χ0) is 49.6. The summed E-state index contributed by atoms with van der Waals surface area (Å²) >= 11 is 0. The molecule has 354 valence electrons. The van der Waals surface area contributed by atoms with Gasteiger partial charge in [-0.3, -0.25) is 17.9 Å². The normalized spacial score (nSPS) is 13.1. The van der Waals surface area contributed by atoms with E-state index in [1.165, 1.54) is 50.1 Å². The van der Waals surface area contributed by atoms with Gasteiger partial charge in [0.05, 0.1) is 66.6 Å². The van der Waals surface area contributed by atoms with Crippen LogP contribution >= 0.6 is 0 Å². The van der Waals surface area contributed by atoms with Gasteiger partial charge >= 0.3 is 0 Å². The van der Waals surface area contributed by atoms with Crippen molar-refractivity contribution in [2.24, 2.45) is 0 Å². The Kier molecular flexibility index (Phi) is 8.36. The number of rotatable bonds is 6. The molecule has 0 aliphatic heterocycles. The summed E-state index contributed by atoms with van der Waals surface area (Å²) in [4.78, 5) is 13.3. The maximum Gasteiger partial charge on any atom is 0.220 e. The second kappa shape index (κ2) is 15.4. The van der Waals surface area contributed by atoms with Gasteiger partial charge in [0.1, 0.15) is 0 Å². The second-order valence-corrected chi connectivity index (χ2v) is 20.2. The maximum atomic E-state index is 5.40. The highest BCUT2D eigenvalue weighted by Crippen LogP contribution is 2.63. The third-order valence-corrected chi connectivity index (χ3v) is 16.3. The highest BCUT2D eigenvalue weighted by Gasteiger charge is 2.51.